The molecule has 2 atom stereocenters. The van der Waals surface area contributed by atoms with Crippen molar-refractivity contribution in [2.75, 3.05) is 6.61 Å². The Balaban J connectivity index is 1.90. The number of hydrogen-bond acceptors (Lipinski definition) is 2. The first-order valence-corrected chi connectivity index (χ1v) is 5.98. The molecule has 3 rings (SSSR count). The van der Waals surface area contributed by atoms with Crippen molar-refractivity contribution in [3.8, 4) is 5.75 Å². The van der Waals surface area contributed by atoms with Gasteiger partial charge in [-0.2, -0.15) is 0 Å². The molecule has 2 N–H and O–H groups in total. The third-order valence-electron chi connectivity index (χ3n) is 3.43. The Morgan fingerprint density at radius 1 is 1.11 bits per heavy atom. The molecule has 0 aliphatic carbocycles. The molecule has 0 aromatic heterocycles. The maximum atomic E-state index is 12.9. The van der Waals surface area contributed by atoms with Crippen molar-refractivity contribution in [1.82, 2.24) is 0 Å². The van der Waals surface area contributed by atoms with Gasteiger partial charge in [0.05, 0.1) is 6.61 Å². The lowest BCUT2D eigenvalue weighted by Crippen LogP contribution is -2.20. The Labute approximate surface area is 105 Å². The summed E-state index contributed by atoms with van der Waals surface area (Å²) in [4.78, 5) is 0. The summed E-state index contributed by atoms with van der Waals surface area (Å²) in [5, 5.41) is 0. The predicted octanol–water partition coefficient (Wildman–Crippen LogP) is 3.00. The van der Waals surface area contributed by atoms with Crippen molar-refractivity contribution in [2.45, 2.75) is 12.0 Å². The molecule has 0 fully saturated rings. The van der Waals surface area contributed by atoms with E-state index in [1.807, 2.05) is 24.3 Å². The highest BCUT2D eigenvalue weighted by molar-refractivity contribution is 5.42. The van der Waals surface area contributed by atoms with Gasteiger partial charge in [-0.25, -0.2) is 4.39 Å². The third-order valence-corrected chi connectivity index (χ3v) is 3.43. The van der Waals surface area contributed by atoms with Gasteiger partial charge in [0.15, 0.2) is 0 Å². The summed E-state index contributed by atoms with van der Waals surface area (Å²) in [7, 11) is 0. The Morgan fingerprint density at radius 2 is 1.83 bits per heavy atom. The summed E-state index contributed by atoms with van der Waals surface area (Å²) < 4.78 is 18.5. The summed E-state index contributed by atoms with van der Waals surface area (Å²) in [6, 6.07) is 14.1. The topological polar surface area (TPSA) is 35.2 Å². The Hall–Kier alpha value is -1.87. The van der Waals surface area contributed by atoms with E-state index < -0.39 is 0 Å². The number of ether oxygens (including phenoxy) is 1. The number of fused-ring (bicyclic) bond motifs is 1. The quantitative estimate of drug-likeness (QED) is 0.880. The van der Waals surface area contributed by atoms with E-state index in [1.54, 1.807) is 12.1 Å². The molecule has 0 spiro atoms. The van der Waals surface area contributed by atoms with E-state index in [0.717, 1.165) is 16.9 Å². The molecular formula is C15H14FNO. The normalized spacial score (nSPS) is 19.1. The van der Waals surface area contributed by atoms with Gasteiger partial charge < -0.3 is 10.5 Å². The van der Waals surface area contributed by atoms with Crippen LogP contribution in [0.1, 0.15) is 23.1 Å². The van der Waals surface area contributed by atoms with E-state index in [1.165, 1.54) is 12.1 Å². The maximum Gasteiger partial charge on any atom is 0.123 e. The molecule has 1 aliphatic rings. The summed E-state index contributed by atoms with van der Waals surface area (Å²) in [6.45, 7) is 0.581. The first kappa shape index (κ1) is 11.2. The van der Waals surface area contributed by atoms with Crippen LogP contribution in [-0.4, -0.2) is 6.61 Å². The zero-order valence-corrected chi connectivity index (χ0v) is 9.84. The highest BCUT2D eigenvalue weighted by Crippen LogP contribution is 2.39. The molecule has 92 valence electrons. The summed E-state index contributed by atoms with van der Waals surface area (Å²) >= 11 is 0. The Morgan fingerprint density at radius 3 is 2.61 bits per heavy atom. The van der Waals surface area contributed by atoms with Gasteiger partial charge in [0.1, 0.15) is 11.6 Å². The molecule has 2 aromatic rings. The van der Waals surface area contributed by atoms with Gasteiger partial charge in [0.25, 0.3) is 0 Å². The third kappa shape index (κ3) is 1.87. The molecule has 0 saturated carbocycles. The van der Waals surface area contributed by atoms with Crippen LogP contribution in [0.5, 0.6) is 5.75 Å². The van der Waals surface area contributed by atoms with Crippen LogP contribution < -0.4 is 10.5 Å². The van der Waals surface area contributed by atoms with Gasteiger partial charge in [0, 0.05) is 17.5 Å². The Bertz CT molecular complexity index is 553. The van der Waals surface area contributed by atoms with E-state index in [0.29, 0.717) is 6.61 Å². The van der Waals surface area contributed by atoms with Crippen LogP contribution in [-0.2, 0) is 0 Å². The van der Waals surface area contributed by atoms with Crippen molar-refractivity contribution < 1.29 is 9.13 Å². The molecule has 1 aliphatic heterocycles. The molecule has 2 nitrogen and oxygen atoms in total. The van der Waals surface area contributed by atoms with Crippen LogP contribution in [0.3, 0.4) is 0 Å². The van der Waals surface area contributed by atoms with Crippen molar-refractivity contribution >= 4 is 0 Å². The van der Waals surface area contributed by atoms with Crippen molar-refractivity contribution in [2.24, 2.45) is 5.73 Å². The van der Waals surface area contributed by atoms with E-state index in [9.17, 15) is 4.39 Å². The minimum Gasteiger partial charge on any atom is -0.493 e. The lowest BCUT2D eigenvalue weighted by Gasteiger charge is -2.18. The average molecular weight is 243 g/mol. The van der Waals surface area contributed by atoms with Gasteiger partial charge in [0.2, 0.25) is 0 Å². The lowest BCUT2D eigenvalue weighted by atomic mass is 9.89. The molecule has 3 heteroatoms. The van der Waals surface area contributed by atoms with Crippen LogP contribution in [0, 0.1) is 5.82 Å². The first-order valence-electron chi connectivity index (χ1n) is 5.98. The molecule has 2 aromatic carbocycles. The number of nitrogens with two attached hydrogens (primary N) is 1. The lowest BCUT2D eigenvalue weighted by molar-refractivity contribution is 0.315. The molecule has 0 amide bonds. The fraction of sp³-hybridized carbons (Fsp3) is 0.200. The highest BCUT2D eigenvalue weighted by Gasteiger charge is 2.29. The maximum absolute atomic E-state index is 12.9. The molecular weight excluding hydrogens is 229 g/mol. The number of hydrogen-bond donors (Lipinski definition) is 1. The first-order chi connectivity index (χ1) is 8.75. The fourth-order valence-electron chi connectivity index (χ4n) is 2.40. The van der Waals surface area contributed by atoms with E-state index >= 15 is 0 Å². The van der Waals surface area contributed by atoms with Crippen LogP contribution >= 0.6 is 0 Å². The predicted molar refractivity (Wildman–Crippen MR) is 68.0 cm³/mol. The highest BCUT2D eigenvalue weighted by atomic mass is 19.1. The molecule has 18 heavy (non-hydrogen) atoms. The van der Waals surface area contributed by atoms with Gasteiger partial charge in [-0.15, -0.1) is 0 Å². The second-order valence-electron chi connectivity index (χ2n) is 4.53. The van der Waals surface area contributed by atoms with Gasteiger partial charge in [-0.3, -0.25) is 0 Å². The number of halogens is 1. The van der Waals surface area contributed by atoms with Gasteiger partial charge in [-0.1, -0.05) is 30.3 Å². The van der Waals surface area contributed by atoms with Crippen molar-refractivity contribution in [1.29, 1.82) is 0 Å². The SMILES string of the molecule is NC(c1ccc(F)cc1)C1COc2ccccc21. The van der Waals surface area contributed by atoms with Gasteiger partial charge >= 0.3 is 0 Å². The second kappa shape index (κ2) is 4.42. The minimum absolute atomic E-state index is 0.131. The van der Waals surface area contributed by atoms with Gasteiger partial charge in [-0.05, 0) is 23.8 Å². The molecule has 0 radical (unpaired) electrons. The summed E-state index contributed by atoms with van der Waals surface area (Å²) in [5.74, 6) is 0.792. The fourth-order valence-corrected chi connectivity index (χ4v) is 2.40. The molecule has 1 heterocycles. The van der Waals surface area contributed by atoms with Crippen LogP contribution in [0.2, 0.25) is 0 Å². The van der Waals surface area contributed by atoms with E-state index in [4.69, 9.17) is 10.5 Å². The summed E-state index contributed by atoms with van der Waals surface area (Å²) in [6.07, 6.45) is 0. The number of benzene rings is 2. The zero-order valence-electron chi connectivity index (χ0n) is 9.84. The van der Waals surface area contributed by atoms with E-state index in [2.05, 4.69) is 0 Å². The minimum atomic E-state index is -0.242. The van der Waals surface area contributed by atoms with Crippen LogP contribution in [0.4, 0.5) is 4.39 Å². The van der Waals surface area contributed by atoms with Crippen LogP contribution in [0.15, 0.2) is 48.5 Å². The molecule has 0 bridgehead atoms. The smallest absolute Gasteiger partial charge is 0.123 e. The van der Waals surface area contributed by atoms with Crippen molar-refractivity contribution in [3.63, 3.8) is 0 Å². The molecule has 0 saturated heterocycles. The van der Waals surface area contributed by atoms with Crippen molar-refractivity contribution in [3.05, 3.63) is 65.5 Å². The number of para-hydroxylation sites is 1. The average Bonchev–Trinajstić information content (AvgIpc) is 2.82. The number of rotatable bonds is 2. The Kier molecular flexibility index (Phi) is 2.76. The van der Waals surface area contributed by atoms with E-state index in [-0.39, 0.29) is 17.8 Å². The summed E-state index contributed by atoms with van der Waals surface area (Å²) in [5.41, 5.74) is 8.33. The van der Waals surface area contributed by atoms with Crippen LogP contribution in [0.25, 0.3) is 0 Å². The monoisotopic (exact) mass is 243 g/mol. The molecule has 2 unspecified atom stereocenters. The largest absolute Gasteiger partial charge is 0.493 e. The zero-order chi connectivity index (χ0) is 12.5. The second-order valence-corrected chi connectivity index (χ2v) is 4.53. The standard InChI is InChI=1S/C15H14FNO/c16-11-7-5-10(6-8-11)15(17)13-9-18-14-4-2-1-3-12(13)14/h1-8,13,15H,9,17H2.